The number of pyridine rings is 1. The third kappa shape index (κ3) is 4.19. The number of aromatic nitrogens is 1. The summed E-state index contributed by atoms with van der Waals surface area (Å²) in [6.07, 6.45) is 9.52. The predicted molar refractivity (Wildman–Crippen MR) is 95.9 cm³/mol. The molecule has 0 aliphatic heterocycles. The number of hydrogen-bond acceptors (Lipinski definition) is 2. The number of hydrogen-bond donors (Lipinski definition) is 1. The summed E-state index contributed by atoms with van der Waals surface area (Å²) in [6, 6.07) is 7.87. The lowest BCUT2D eigenvalue weighted by atomic mass is 9.96. The van der Waals surface area contributed by atoms with Crippen molar-refractivity contribution >= 4 is 22.8 Å². The maximum atomic E-state index is 11.6. The number of carboxylic acid groups (broad SMARTS) is 1. The summed E-state index contributed by atoms with van der Waals surface area (Å²) in [5, 5.41) is 11.5. The molecule has 122 valence electrons. The van der Waals surface area contributed by atoms with Crippen molar-refractivity contribution in [2.75, 3.05) is 0 Å². The predicted octanol–water partition coefficient (Wildman–Crippen LogP) is 5.48. The first kappa shape index (κ1) is 17.2. The average Bonchev–Trinajstić information content (AvgIpc) is 2.57. The van der Waals surface area contributed by atoms with Crippen LogP contribution < -0.4 is 0 Å². The molecule has 0 amide bonds. The molecule has 1 N–H and O–H groups in total. The molecule has 3 nitrogen and oxygen atoms in total. The molecule has 1 aromatic carbocycles. The Hall–Kier alpha value is -2.16. The van der Waals surface area contributed by atoms with Gasteiger partial charge in [0.1, 0.15) is 0 Å². The smallest absolute Gasteiger partial charge is 0.354 e. The summed E-state index contributed by atoms with van der Waals surface area (Å²) in [5.41, 5.74) is 1.67. The number of aryl methyl sites for hydroxylation is 1. The molecule has 2 rings (SSSR count). The maximum absolute atomic E-state index is 11.6. The fourth-order valence-electron chi connectivity index (χ4n) is 3.01. The molecule has 23 heavy (non-hydrogen) atoms. The number of aromatic carboxylic acids is 1. The van der Waals surface area contributed by atoms with Gasteiger partial charge in [0.15, 0.2) is 5.69 Å². The van der Waals surface area contributed by atoms with Crippen LogP contribution in [0.25, 0.3) is 16.8 Å². The minimum absolute atomic E-state index is 0.173. The highest BCUT2D eigenvalue weighted by Crippen LogP contribution is 2.26. The Morgan fingerprint density at radius 2 is 1.78 bits per heavy atom. The minimum Gasteiger partial charge on any atom is -0.477 e. The van der Waals surface area contributed by atoms with Crippen LogP contribution in [0.15, 0.2) is 30.8 Å². The lowest BCUT2D eigenvalue weighted by Gasteiger charge is -2.12. The molecule has 0 aliphatic rings. The van der Waals surface area contributed by atoms with Crippen LogP contribution in [0.2, 0.25) is 0 Å². The minimum atomic E-state index is -0.958. The molecule has 0 radical (unpaired) electrons. The van der Waals surface area contributed by atoms with Gasteiger partial charge in [-0.05, 0) is 29.9 Å². The molecule has 1 heterocycles. The second kappa shape index (κ2) is 8.47. The fraction of sp³-hybridized carbons (Fsp3) is 0.400. The van der Waals surface area contributed by atoms with Crippen molar-refractivity contribution in [2.24, 2.45) is 0 Å². The Kier molecular flexibility index (Phi) is 6.33. The first-order valence-corrected chi connectivity index (χ1v) is 8.46. The summed E-state index contributed by atoms with van der Waals surface area (Å²) < 4.78 is 0. The Morgan fingerprint density at radius 3 is 2.43 bits per heavy atom. The van der Waals surface area contributed by atoms with E-state index in [0.29, 0.717) is 5.69 Å². The van der Waals surface area contributed by atoms with Crippen LogP contribution in [-0.4, -0.2) is 16.1 Å². The molecule has 3 heteroatoms. The zero-order valence-electron chi connectivity index (χ0n) is 13.8. The summed E-state index contributed by atoms with van der Waals surface area (Å²) >= 11 is 0. The molecule has 0 unspecified atom stereocenters. The van der Waals surface area contributed by atoms with E-state index < -0.39 is 5.97 Å². The monoisotopic (exact) mass is 311 g/mol. The highest BCUT2D eigenvalue weighted by molar-refractivity contribution is 5.98. The third-order valence-corrected chi connectivity index (χ3v) is 4.22. The summed E-state index contributed by atoms with van der Waals surface area (Å²) in [6.45, 7) is 5.97. The van der Waals surface area contributed by atoms with Gasteiger partial charge in [0.05, 0.1) is 5.69 Å². The molecular weight excluding hydrogens is 286 g/mol. The van der Waals surface area contributed by atoms with Gasteiger partial charge in [-0.2, -0.15) is 0 Å². The average molecular weight is 311 g/mol. The van der Waals surface area contributed by atoms with Crippen molar-refractivity contribution in [3.8, 4) is 0 Å². The lowest BCUT2D eigenvalue weighted by molar-refractivity contribution is 0.0689. The molecule has 2 aromatic rings. The van der Waals surface area contributed by atoms with Crippen LogP contribution >= 0.6 is 0 Å². The summed E-state index contributed by atoms with van der Waals surface area (Å²) in [4.78, 5) is 15.9. The molecule has 0 saturated carbocycles. The number of fused-ring (bicyclic) bond motifs is 1. The van der Waals surface area contributed by atoms with Crippen LogP contribution in [0.4, 0.5) is 0 Å². The van der Waals surface area contributed by atoms with Gasteiger partial charge in [-0.15, -0.1) is 0 Å². The Labute approximate surface area is 138 Å². The Bertz CT molecular complexity index is 691. The fourth-order valence-corrected chi connectivity index (χ4v) is 3.01. The maximum Gasteiger partial charge on any atom is 0.354 e. The van der Waals surface area contributed by atoms with Gasteiger partial charge in [-0.1, -0.05) is 69.9 Å². The van der Waals surface area contributed by atoms with Gasteiger partial charge in [0, 0.05) is 5.39 Å². The lowest BCUT2D eigenvalue weighted by Crippen LogP contribution is -2.08. The van der Waals surface area contributed by atoms with Crippen LogP contribution in [-0.2, 0) is 6.42 Å². The van der Waals surface area contributed by atoms with Crippen molar-refractivity contribution in [3.63, 3.8) is 0 Å². The van der Waals surface area contributed by atoms with Crippen molar-refractivity contribution in [1.82, 2.24) is 4.98 Å². The second-order valence-corrected chi connectivity index (χ2v) is 5.90. The largest absolute Gasteiger partial charge is 0.477 e. The molecule has 0 saturated heterocycles. The topological polar surface area (TPSA) is 50.2 Å². The summed E-state index contributed by atoms with van der Waals surface area (Å²) in [5.74, 6) is -0.958. The van der Waals surface area contributed by atoms with Crippen LogP contribution in [0.1, 0.15) is 67.2 Å². The highest BCUT2D eigenvalue weighted by Gasteiger charge is 2.17. The number of benzene rings is 1. The van der Waals surface area contributed by atoms with E-state index in [1.165, 1.54) is 25.7 Å². The van der Waals surface area contributed by atoms with Gasteiger partial charge in [0.2, 0.25) is 0 Å². The van der Waals surface area contributed by atoms with Crippen molar-refractivity contribution in [2.45, 2.75) is 51.9 Å². The van der Waals surface area contributed by atoms with Gasteiger partial charge in [-0.25, -0.2) is 9.78 Å². The van der Waals surface area contributed by atoms with E-state index in [0.717, 1.165) is 35.6 Å². The number of carboxylic acids is 1. The van der Waals surface area contributed by atoms with E-state index in [1.54, 1.807) is 6.08 Å². The molecule has 0 fully saturated rings. The van der Waals surface area contributed by atoms with Crippen molar-refractivity contribution < 1.29 is 9.90 Å². The van der Waals surface area contributed by atoms with Crippen molar-refractivity contribution in [3.05, 3.63) is 47.8 Å². The quantitative estimate of drug-likeness (QED) is 0.624. The van der Waals surface area contributed by atoms with E-state index in [9.17, 15) is 9.90 Å². The normalized spacial score (nSPS) is 10.8. The molecule has 1 aromatic heterocycles. The number of rotatable bonds is 9. The van der Waals surface area contributed by atoms with E-state index >= 15 is 0 Å². The van der Waals surface area contributed by atoms with E-state index in [2.05, 4.69) is 18.5 Å². The highest BCUT2D eigenvalue weighted by atomic mass is 16.4. The van der Waals surface area contributed by atoms with Crippen LogP contribution in [0.3, 0.4) is 0 Å². The standard InChI is InChI=1S/C20H25NO2/c1-3-5-6-7-8-9-14-17-15-12-10-11-13-16(15)18(4-2)21-19(17)20(22)23/h4,10-13H,2-3,5-9,14H2,1H3,(H,22,23). The Balaban J connectivity index is 2.27. The van der Waals surface area contributed by atoms with E-state index in [1.807, 2.05) is 24.3 Å². The van der Waals surface area contributed by atoms with Gasteiger partial charge in [-0.3, -0.25) is 0 Å². The molecule has 0 bridgehead atoms. The molecular formula is C20H25NO2. The SMILES string of the molecule is C=Cc1nc(C(=O)O)c(CCCCCCCC)c2ccccc12. The number of unbranched alkanes of at least 4 members (excludes halogenated alkanes) is 5. The first-order chi connectivity index (χ1) is 11.2. The zero-order chi connectivity index (χ0) is 16.7. The molecule has 0 aliphatic carbocycles. The third-order valence-electron chi connectivity index (χ3n) is 4.22. The number of carbonyl (C=O) groups is 1. The molecule has 0 atom stereocenters. The zero-order valence-corrected chi connectivity index (χ0v) is 13.8. The van der Waals surface area contributed by atoms with Crippen LogP contribution in [0.5, 0.6) is 0 Å². The Morgan fingerprint density at radius 1 is 1.13 bits per heavy atom. The molecule has 0 spiro atoms. The van der Waals surface area contributed by atoms with Gasteiger partial charge < -0.3 is 5.11 Å². The first-order valence-electron chi connectivity index (χ1n) is 8.46. The number of nitrogens with zero attached hydrogens (tertiary/aromatic N) is 1. The van der Waals surface area contributed by atoms with Gasteiger partial charge in [0.25, 0.3) is 0 Å². The van der Waals surface area contributed by atoms with E-state index in [-0.39, 0.29) is 5.69 Å². The van der Waals surface area contributed by atoms with Gasteiger partial charge >= 0.3 is 5.97 Å². The second-order valence-electron chi connectivity index (χ2n) is 5.90. The van der Waals surface area contributed by atoms with E-state index in [4.69, 9.17) is 0 Å². The van der Waals surface area contributed by atoms with Crippen LogP contribution in [0, 0.1) is 0 Å². The van der Waals surface area contributed by atoms with Crippen molar-refractivity contribution in [1.29, 1.82) is 0 Å². The summed E-state index contributed by atoms with van der Waals surface area (Å²) in [7, 11) is 0.